The van der Waals surface area contributed by atoms with Crippen molar-refractivity contribution in [2.45, 2.75) is 27.2 Å². The van der Waals surface area contributed by atoms with E-state index >= 15 is 0 Å². The number of carbonyl (C=O) groups is 1. The van der Waals surface area contributed by atoms with Gasteiger partial charge in [0.2, 0.25) is 0 Å². The Kier molecular flexibility index (Phi) is 5.39. The number of ether oxygens (including phenoxy) is 1. The predicted molar refractivity (Wildman–Crippen MR) is 91.5 cm³/mol. The summed E-state index contributed by atoms with van der Waals surface area (Å²) in [6.45, 7) is 6.60. The van der Waals surface area contributed by atoms with Gasteiger partial charge in [-0.2, -0.15) is 0 Å². The topological polar surface area (TPSA) is 46.5 Å². The second-order valence-corrected chi connectivity index (χ2v) is 6.10. The van der Waals surface area contributed by atoms with Gasteiger partial charge in [0.1, 0.15) is 5.75 Å². The lowest BCUT2D eigenvalue weighted by molar-refractivity contribution is -0.130. The Balaban J connectivity index is 2.40. The largest absolute Gasteiger partial charge is 0.494 e. The summed E-state index contributed by atoms with van der Waals surface area (Å²) in [5.74, 6) is -0.140. The predicted octanol–water partition coefficient (Wildman–Crippen LogP) is 4.78. The van der Waals surface area contributed by atoms with Gasteiger partial charge in [-0.15, -0.1) is 11.3 Å². The van der Waals surface area contributed by atoms with Crippen LogP contribution in [0.5, 0.6) is 5.75 Å². The van der Waals surface area contributed by atoms with Gasteiger partial charge in [0.15, 0.2) is 0 Å². The molecule has 0 radical (unpaired) electrons. The first kappa shape index (κ1) is 16.3. The van der Waals surface area contributed by atoms with Crippen LogP contribution in [-0.2, 0) is 4.79 Å². The van der Waals surface area contributed by atoms with Crippen molar-refractivity contribution in [1.82, 2.24) is 0 Å². The van der Waals surface area contributed by atoms with Crippen molar-refractivity contribution in [3.8, 4) is 5.75 Å². The lowest BCUT2D eigenvalue weighted by Crippen LogP contribution is -2.02. The molecule has 0 spiro atoms. The highest BCUT2D eigenvalue weighted by Crippen LogP contribution is 2.28. The molecule has 2 aromatic rings. The molecule has 1 aromatic carbocycles. The lowest BCUT2D eigenvalue weighted by Gasteiger charge is -2.10. The molecule has 22 heavy (non-hydrogen) atoms. The molecule has 1 N–H and O–H groups in total. The third-order valence-electron chi connectivity index (χ3n) is 3.37. The van der Waals surface area contributed by atoms with Crippen molar-refractivity contribution in [3.63, 3.8) is 0 Å². The molecule has 2 rings (SSSR count). The van der Waals surface area contributed by atoms with Gasteiger partial charge in [-0.3, -0.25) is 0 Å². The number of aliphatic carboxylic acids is 1. The van der Waals surface area contributed by atoms with E-state index in [2.05, 4.69) is 6.92 Å². The van der Waals surface area contributed by atoms with Gasteiger partial charge in [0, 0.05) is 4.88 Å². The van der Waals surface area contributed by atoms with Gasteiger partial charge in [0.25, 0.3) is 0 Å². The zero-order valence-electron chi connectivity index (χ0n) is 13.1. The molecule has 1 heterocycles. The van der Waals surface area contributed by atoms with Crippen LogP contribution in [-0.4, -0.2) is 17.7 Å². The summed E-state index contributed by atoms with van der Waals surface area (Å²) < 4.78 is 5.59. The maximum Gasteiger partial charge on any atom is 0.336 e. The number of hydrogen-bond acceptors (Lipinski definition) is 3. The Morgan fingerprint density at radius 1 is 1.27 bits per heavy atom. The molecule has 0 fully saturated rings. The first-order valence-electron chi connectivity index (χ1n) is 7.25. The molecule has 0 saturated heterocycles. The number of thiophene rings is 1. The maximum absolute atomic E-state index is 11.7. The second-order valence-electron chi connectivity index (χ2n) is 5.16. The third kappa shape index (κ3) is 3.77. The van der Waals surface area contributed by atoms with Gasteiger partial charge in [-0.25, -0.2) is 4.79 Å². The highest BCUT2D eigenvalue weighted by atomic mass is 32.1. The molecular formula is C18H20O3S. The average Bonchev–Trinajstić information content (AvgIpc) is 2.88. The molecular weight excluding hydrogens is 296 g/mol. The van der Waals surface area contributed by atoms with Crippen LogP contribution in [0, 0.1) is 13.8 Å². The van der Waals surface area contributed by atoms with E-state index in [1.54, 1.807) is 17.4 Å². The van der Waals surface area contributed by atoms with Crippen molar-refractivity contribution >= 4 is 29.0 Å². The van der Waals surface area contributed by atoms with E-state index in [1.807, 2.05) is 43.5 Å². The van der Waals surface area contributed by atoms with Gasteiger partial charge in [0.05, 0.1) is 12.2 Å². The summed E-state index contributed by atoms with van der Waals surface area (Å²) >= 11 is 1.55. The van der Waals surface area contributed by atoms with Crippen LogP contribution in [0.25, 0.3) is 11.6 Å². The molecule has 3 nitrogen and oxygen atoms in total. The van der Waals surface area contributed by atoms with E-state index in [0.717, 1.165) is 33.7 Å². The lowest BCUT2D eigenvalue weighted by atomic mass is 9.99. The van der Waals surface area contributed by atoms with Crippen LogP contribution < -0.4 is 4.74 Å². The molecule has 1 aromatic heterocycles. The molecule has 0 amide bonds. The van der Waals surface area contributed by atoms with Gasteiger partial charge >= 0.3 is 5.97 Å². The fourth-order valence-corrected chi connectivity index (χ4v) is 3.02. The summed E-state index contributed by atoms with van der Waals surface area (Å²) in [5.41, 5.74) is 3.02. The summed E-state index contributed by atoms with van der Waals surface area (Å²) in [7, 11) is 0. The van der Waals surface area contributed by atoms with Crippen LogP contribution in [0.15, 0.2) is 29.6 Å². The second kappa shape index (κ2) is 7.27. The Labute approximate surface area is 134 Å². The van der Waals surface area contributed by atoms with Crippen LogP contribution in [0.2, 0.25) is 0 Å². The number of carboxylic acid groups (broad SMARTS) is 1. The van der Waals surface area contributed by atoms with E-state index in [1.165, 1.54) is 0 Å². The van der Waals surface area contributed by atoms with Crippen molar-refractivity contribution in [3.05, 3.63) is 51.2 Å². The van der Waals surface area contributed by atoms with E-state index < -0.39 is 5.97 Å². The normalized spacial score (nSPS) is 11.5. The zero-order chi connectivity index (χ0) is 16.1. The third-order valence-corrected chi connectivity index (χ3v) is 4.33. The standard InChI is InChI=1S/C18H20O3S/c1-4-8-21-14-5-6-15(13(3)10-14)16(18(19)20)11-17-12(2)7-9-22-17/h5-7,9-11H,4,8H2,1-3H3,(H,19,20)/b16-11-. The minimum Gasteiger partial charge on any atom is -0.494 e. The summed E-state index contributed by atoms with van der Waals surface area (Å²) in [6, 6.07) is 7.53. The Hall–Kier alpha value is -2.07. The Morgan fingerprint density at radius 2 is 2.05 bits per heavy atom. The molecule has 0 atom stereocenters. The average molecular weight is 316 g/mol. The monoisotopic (exact) mass is 316 g/mol. The van der Waals surface area contributed by atoms with Crippen LogP contribution >= 0.6 is 11.3 Å². The molecule has 116 valence electrons. The SMILES string of the molecule is CCCOc1ccc(/C(=C/c2sccc2C)C(=O)O)c(C)c1. The molecule has 0 unspecified atom stereocenters. The Morgan fingerprint density at radius 3 is 2.59 bits per heavy atom. The molecule has 0 aliphatic heterocycles. The molecule has 0 saturated carbocycles. The first-order chi connectivity index (χ1) is 10.5. The number of rotatable bonds is 6. The van der Waals surface area contributed by atoms with Crippen LogP contribution in [0.3, 0.4) is 0 Å². The first-order valence-corrected chi connectivity index (χ1v) is 8.13. The smallest absolute Gasteiger partial charge is 0.336 e. The minimum absolute atomic E-state index is 0.310. The zero-order valence-corrected chi connectivity index (χ0v) is 13.9. The quantitative estimate of drug-likeness (QED) is 0.780. The summed E-state index contributed by atoms with van der Waals surface area (Å²) in [4.78, 5) is 12.6. The summed E-state index contributed by atoms with van der Waals surface area (Å²) in [5, 5.41) is 11.5. The Bertz CT molecular complexity index is 698. The van der Waals surface area contributed by atoms with E-state index in [4.69, 9.17) is 4.74 Å². The highest BCUT2D eigenvalue weighted by Gasteiger charge is 2.14. The fraction of sp³-hybridized carbons (Fsp3) is 0.278. The van der Waals surface area contributed by atoms with E-state index in [-0.39, 0.29) is 0 Å². The van der Waals surface area contributed by atoms with Crippen LogP contribution in [0.4, 0.5) is 0 Å². The number of aryl methyl sites for hydroxylation is 2. The van der Waals surface area contributed by atoms with Crippen LogP contribution in [0.1, 0.15) is 34.9 Å². The van der Waals surface area contributed by atoms with Gasteiger partial charge in [-0.05, 0) is 66.6 Å². The maximum atomic E-state index is 11.7. The van der Waals surface area contributed by atoms with Gasteiger partial charge < -0.3 is 9.84 Å². The summed E-state index contributed by atoms with van der Waals surface area (Å²) in [6.07, 6.45) is 2.69. The number of benzene rings is 1. The van der Waals surface area contributed by atoms with Gasteiger partial charge in [-0.1, -0.05) is 13.0 Å². The molecule has 0 aliphatic rings. The minimum atomic E-state index is -0.918. The highest BCUT2D eigenvalue weighted by molar-refractivity contribution is 7.11. The van der Waals surface area contributed by atoms with E-state index in [0.29, 0.717) is 12.2 Å². The number of carboxylic acids is 1. The molecule has 0 aliphatic carbocycles. The molecule has 4 heteroatoms. The van der Waals surface area contributed by atoms with Crippen molar-refractivity contribution < 1.29 is 14.6 Å². The van der Waals surface area contributed by atoms with E-state index in [9.17, 15) is 9.90 Å². The molecule has 0 bridgehead atoms. The fourth-order valence-electron chi connectivity index (χ4n) is 2.17. The number of hydrogen-bond donors (Lipinski definition) is 1. The van der Waals surface area contributed by atoms with Crippen molar-refractivity contribution in [2.24, 2.45) is 0 Å². The van der Waals surface area contributed by atoms with Crippen molar-refractivity contribution in [1.29, 1.82) is 0 Å². The van der Waals surface area contributed by atoms with Crippen molar-refractivity contribution in [2.75, 3.05) is 6.61 Å².